The molecule has 0 atom stereocenters. The number of hydrogen-bond acceptors (Lipinski definition) is 0. The Morgan fingerprint density at radius 2 is 1.71 bits per heavy atom. The Kier molecular flexibility index (Phi) is 5.68. The lowest BCUT2D eigenvalue weighted by Crippen LogP contribution is -1.89. The van der Waals surface area contributed by atoms with Crippen molar-refractivity contribution >= 4 is 5.57 Å². The maximum absolute atomic E-state index is 12.7. The minimum atomic E-state index is -0.175. The van der Waals surface area contributed by atoms with Crippen LogP contribution in [0.3, 0.4) is 0 Å². The molecule has 1 heteroatoms. The Morgan fingerprint density at radius 1 is 1.12 bits per heavy atom. The van der Waals surface area contributed by atoms with Crippen LogP contribution in [0.4, 0.5) is 4.39 Å². The van der Waals surface area contributed by atoms with Gasteiger partial charge in [0.25, 0.3) is 0 Å². The Labute approximate surface area is 104 Å². The van der Waals surface area contributed by atoms with Crippen molar-refractivity contribution in [1.82, 2.24) is 0 Å². The van der Waals surface area contributed by atoms with Crippen molar-refractivity contribution in [2.75, 3.05) is 0 Å². The van der Waals surface area contributed by atoms with Crippen LogP contribution < -0.4 is 0 Å². The molecule has 0 aliphatic heterocycles. The summed E-state index contributed by atoms with van der Waals surface area (Å²) in [6.45, 7) is 6.39. The number of halogens is 1. The molecule has 1 aliphatic rings. The second-order valence-corrected chi connectivity index (χ2v) is 4.40. The third-order valence-corrected chi connectivity index (χ3v) is 2.48. The summed E-state index contributed by atoms with van der Waals surface area (Å²) in [7, 11) is 0. The monoisotopic (exact) mass is 232 g/mol. The Morgan fingerprint density at radius 3 is 2.24 bits per heavy atom. The quantitative estimate of drug-likeness (QED) is 0.611. The van der Waals surface area contributed by atoms with Crippen LogP contribution in [0.5, 0.6) is 0 Å². The molecule has 0 N–H and O–H groups in total. The number of allylic oxidation sites excluding steroid dienone is 4. The van der Waals surface area contributed by atoms with Gasteiger partial charge in [-0.1, -0.05) is 50.1 Å². The Bertz CT molecular complexity index is 396. The van der Waals surface area contributed by atoms with Gasteiger partial charge in [0.2, 0.25) is 0 Å². The molecule has 17 heavy (non-hydrogen) atoms. The first-order valence-corrected chi connectivity index (χ1v) is 6.30. The Hall–Kier alpha value is -1.37. The van der Waals surface area contributed by atoms with Crippen molar-refractivity contribution < 1.29 is 4.39 Å². The van der Waals surface area contributed by atoms with Crippen molar-refractivity contribution in [1.29, 1.82) is 0 Å². The average molecular weight is 232 g/mol. The van der Waals surface area contributed by atoms with Gasteiger partial charge in [0.05, 0.1) is 0 Å². The van der Waals surface area contributed by atoms with E-state index in [-0.39, 0.29) is 5.82 Å². The van der Waals surface area contributed by atoms with Gasteiger partial charge in [-0.05, 0) is 43.0 Å². The maximum Gasteiger partial charge on any atom is 0.123 e. The van der Waals surface area contributed by atoms with Crippen LogP contribution in [-0.4, -0.2) is 0 Å². The van der Waals surface area contributed by atoms with Crippen molar-refractivity contribution in [2.24, 2.45) is 0 Å². The van der Waals surface area contributed by atoms with Crippen LogP contribution in [0.25, 0.3) is 5.57 Å². The van der Waals surface area contributed by atoms with Gasteiger partial charge in [-0.25, -0.2) is 4.39 Å². The van der Waals surface area contributed by atoms with Crippen molar-refractivity contribution in [3.05, 3.63) is 53.4 Å². The largest absolute Gasteiger partial charge is 0.207 e. The molecule has 1 aromatic rings. The van der Waals surface area contributed by atoms with E-state index in [0.29, 0.717) is 0 Å². The molecule has 92 valence electrons. The average Bonchev–Trinajstić information content (AvgIpc) is 2.31. The summed E-state index contributed by atoms with van der Waals surface area (Å²) < 4.78 is 12.7. The van der Waals surface area contributed by atoms with Crippen LogP contribution in [0.2, 0.25) is 0 Å². The summed E-state index contributed by atoms with van der Waals surface area (Å²) in [5.74, 6) is -0.175. The maximum atomic E-state index is 12.7. The predicted octanol–water partition coefficient (Wildman–Crippen LogP) is 5.37. The predicted molar refractivity (Wildman–Crippen MR) is 73.3 cm³/mol. The smallest absolute Gasteiger partial charge is 0.123 e. The summed E-state index contributed by atoms with van der Waals surface area (Å²) in [6.07, 6.45) is 7.87. The normalized spacial score (nSPS) is 14.4. The molecule has 1 aliphatic carbocycles. The van der Waals surface area contributed by atoms with Gasteiger partial charge >= 0.3 is 0 Å². The molecular formula is C16H21F. The topological polar surface area (TPSA) is 0 Å². The van der Waals surface area contributed by atoms with E-state index in [0.717, 1.165) is 18.4 Å². The van der Waals surface area contributed by atoms with Crippen LogP contribution in [0.1, 0.15) is 45.6 Å². The van der Waals surface area contributed by atoms with Gasteiger partial charge in [0.1, 0.15) is 5.82 Å². The van der Waals surface area contributed by atoms with Gasteiger partial charge in [0, 0.05) is 0 Å². The van der Waals surface area contributed by atoms with E-state index >= 15 is 0 Å². The molecule has 0 saturated heterocycles. The molecular weight excluding hydrogens is 211 g/mol. The van der Waals surface area contributed by atoms with E-state index in [1.165, 1.54) is 29.7 Å². The molecule has 0 radical (unpaired) electrons. The fourth-order valence-corrected chi connectivity index (χ4v) is 1.70. The highest BCUT2D eigenvalue weighted by Crippen LogP contribution is 2.24. The minimum Gasteiger partial charge on any atom is -0.207 e. The standard InChI is InChI=1S/C13H13F.C3H8/c1-10-3-2-4-12(9-10)11-5-7-13(14)8-6-11;1-3-2/h4-9H,2-3H2,1H3;3H2,1-2H3. The first-order valence-electron chi connectivity index (χ1n) is 6.30. The summed E-state index contributed by atoms with van der Waals surface area (Å²) in [5.41, 5.74) is 3.71. The highest BCUT2D eigenvalue weighted by atomic mass is 19.1. The first-order chi connectivity index (χ1) is 8.17. The highest BCUT2D eigenvalue weighted by molar-refractivity contribution is 5.75. The lowest BCUT2D eigenvalue weighted by atomic mass is 9.95. The first kappa shape index (κ1) is 13.7. The molecule has 2 rings (SSSR count). The van der Waals surface area contributed by atoms with Crippen molar-refractivity contribution in [2.45, 2.75) is 40.0 Å². The van der Waals surface area contributed by atoms with Gasteiger partial charge in [0.15, 0.2) is 0 Å². The van der Waals surface area contributed by atoms with E-state index in [1.807, 2.05) is 12.1 Å². The summed E-state index contributed by atoms with van der Waals surface area (Å²) in [5, 5.41) is 0. The molecule has 0 fully saturated rings. The summed E-state index contributed by atoms with van der Waals surface area (Å²) >= 11 is 0. The molecule has 0 aromatic heterocycles. The number of hydrogen-bond donors (Lipinski definition) is 0. The van der Waals surface area contributed by atoms with E-state index in [1.54, 1.807) is 0 Å². The van der Waals surface area contributed by atoms with Gasteiger partial charge < -0.3 is 0 Å². The van der Waals surface area contributed by atoms with Crippen LogP contribution in [0.15, 0.2) is 42.0 Å². The van der Waals surface area contributed by atoms with E-state index in [9.17, 15) is 4.39 Å². The second kappa shape index (κ2) is 7.05. The van der Waals surface area contributed by atoms with Crippen molar-refractivity contribution in [3.63, 3.8) is 0 Å². The van der Waals surface area contributed by atoms with E-state index in [2.05, 4.69) is 32.9 Å². The van der Waals surface area contributed by atoms with E-state index < -0.39 is 0 Å². The summed E-state index contributed by atoms with van der Waals surface area (Å²) in [6, 6.07) is 6.68. The third kappa shape index (κ3) is 4.56. The van der Waals surface area contributed by atoms with Crippen LogP contribution in [-0.2, 0) is 0 Å². The lowest BCUT2D eigenvalue weighted by molar-refractivity contribution is 0.627. The summed E-state index contributed by atoms with van der Waals surface area (Å²) in [4.78, 5) is 0. The van der Waals surface area contributed by atoms with E-state index in [4.69, 9.17) is 0 Å². The molecule has 0 amide bonds. The second-order valence-electron chi connectivity index (χ2n) is 4.40. The molecule has 0 unspecified atom stereocenters. The third-order valence-electron chi connectivity index (χ3n) is 2.48. The molecule has 0 bridgehead atoms. The minimum absolute atomic E-state index is 0.175. The Balaban J connectivity index is 0.000000437. The zero-order valence-corrected chi connectivity index (χ0v) is 11.0. The molecule has 1 aromatic carbocycles. The van der Waals surface area contributed by atoms with Gasteiger partial charge in [-0.15, -0.1) is 0 Å². The molecule has 0 heterocycles. The fraction of sp³-hybridized carbons (Fsp3) is 0.375. The fourth-order valence-electron chi connectivity index (χ4n) is 1.70. The van der Waals surface area contributed by atoms with Gasteiger partial charge in [-0.3, -0.25) is 0 Å². The number of benzene rings is 1. The van der Waals surface area contributed by atoms with Crippen LogP contribution >= 0.6 is 0 Å². The van der Waals surface area contributed by atoms with Crippen molar-refractivity contribution in [3.8, 4) is 0 Å². The molecule has 0 saturated carbocycles. The molecule has 0 spiro atoms. The van der Waals surface area contributed by atoms with Crippen LogP contribution in [0, 0.1) is 5.82 Å². The highest BCUT2D eigenvalue weighted by Gasteiger charge is 2.03. The zero-order valence-electron chi connectivity index (χ0n) is 11.0. The SMILES string of the molecule is CC1=CC(c2ccc(F)cc2)=CCC1.CCC. The lowest BCUT2D eigenvalue weighted by Gasteiger charge is -2.10. The van der Waals surface area contributed by atoms with Gasteiger partial charge in [-0.2, -0.15) is 0 Å². The zero-order chi connectivity index (χ0) is 12.7. The molecule has 0 nitrogen and oxygen atoms in total. The number of rotatable bonds is 1.